The lowest BCUT2D eigenvalue weighted by molar-refractivity contribution is 0.102. The summed E-state index contributed by atoms with van der Waals surface area (Å²) >= 11 is 7.44. The number of benzene rings is 2. The van der Waals surface area contributed by atoms with Gasteiger partial charge >= 0.3 is 0 Å². The monoisotopic (exact) mass is 452 g/mol. The number of rotatable bonds is 4. The number of hydrogen-bond acceptors (Lipinski definition) is 5. The van der Waals surface area contributed by atoms with E-state index in [0.29, 0.717) is 5.13 Å². The van der Waals surface area contributed by atoms with Crippen molar-refractivity contribution in [3.05, 3.63) is 76.2 Å². The first kappa shape index (κ1) is 19.5. The van der Waals surface area contributed by atoms with Crippen molar-refractivity contribution < 1.29 is 13.7 Å². The summed E-state index contributed by atoms with van der Waals surface area (Å²) in [5, 5.41) is 10.1. The van der Waals surface area contributed by atoms with Crippen molar-refractivity contribution in [2.24, 2.45) is 0 Å². The zero-order valence-electron chi connectivity index (χ0n) is 16.1. The van der Waals surface area contributed by atoms with Gasteiger partial charge in [-0.05, 0) is 25.1 Å². The fourth-order valence-corrected chi connectivity index (χ4v) is 4.39. The van der Waals surface area contributed by atoms with Crippen molar-refractivity contribution in [2.45, 2.75) is 6.92 Å². The molecule has 154 valence electrons. The summed E-state index contributed by atoms with van der Waals surface area (Å²) in [4.78, 5) is 20.8. The SMILES string of the molecule is Cc1onc(-c2c(F)cccc2Cl)c1C(=O)Nc1nc(-c2c[nH]c3ccccc23)cs1. The number of nitrogens with zero attached hydrogens (tertiary/aromatic N) is 2. The predicted molar refractivity (Wildman–Crippen MR) is 119 cm³/mol. The number of aromatic amines is 1. The van der Waals surface area contributed by atoms with E-state index in [9.17, 15) is 9.18 Å². The Morgan fingerprint density at radius 1 is 1.23 bits per heavy atom. The Hall–Kier alpha value is -3.49. The standard InChI is InChI=1S/C22H14ClFN4O2S/c1-11-18(20(28-30-11)19-14(23)6-4-7-15(19)24)21(29)27-22-26-17(10-31-22)13-9-25-16-8-3-2-5-12(13)16/h2-10,25H,1H3,(H,26,27,29). The van der Waals surface area contributed by atoms with Gasteiger partial charge in [0.25, 0.3) is 5.91 Å². The normalized spacial score (nSPS) is 11.2. The van der Waals surface area contributed by atoms with Crippen LogP contribution in [0.2, 0.25) is 5.02 Å². The van der Waals surface area contributed by atoms with Crippen molar-refractivity contribution >= 4 is 44.9 Å². The van der Waals surface area contributed by atoms with Crippen molar-refractivity contribution in [3.8, 4) is 22.5 Å². The first-order valence-corrected chi connectivity index (χ1v) is 10.5. The molecule has 31 heavy (non-hydrogen) atoms. The van der Waals surface area contributed by atoms with Crippen molar-refractivity contribution in [3.63, 3.8) is 0 Å². The van der Waals surface area contributed by atoms with Crippen LogP contribution in [0.1, 0.15) is 16.1 Å². The summed E-state index contributed by atoms with van der Waals surface area (Å²) in [5.41, 5.74) is 2.85. The van der Waals surface area contributed by atoms with Gasteiger partial charge in [0.05, 0.1) is 16.3 Å². The number of fused-ring (bicyclic) bond motifs is 1. The number of amides is 1. The third-order valence-electron chi connectivity index (χ3n) is 4.88. The molecule has 2 N–H and O–H groups in total. The molecule has 0 aliphatic carbocycles. The van der Waals surface area contributed by atoms with Crippen LogP contribution in [0, 0.1) is 12.7 Å². The molecule has 0 radical (unpaired) electrons. The zero-order chi connectivity index (χ0) is 21.5. The van der Waals surface area contributed by atoms with E-state index in [0.717, 1.165) is 22.2 Å². The smallest absolute Gasteiger partial charge is 0.263 e. The molecule has 0 bridgehead atoms. The number of nitrogens with one attached hydrogen (secondary N) is 2. The average molecular weight is 453 g/mol. The van der Waals surface area contributed by atoms with Crippen LogP contribution in [0.25, 0.3) is 33.4 Å². The Morgan fingerprint density at radius 3 is 2.90 bits per heavy atom. The number of carbonyl (C=O) groups excluding carboxylic acids is 1. The summed E-state index contributed by atoms with van der Waals surface area (Å²) in [7, 11) is 0. The van der Waals surface area contributed by atoms with Crippen LogP contribution >= 0.6 is 22.9 Å². The van der Waals surface area contributed by atoms with E-state index in [1.165, 1.54) is 29.5 Å². The number of thiazole rings is 1. The molecule has 3 aromatic heterocycles. The number of hydrogen-bond donors (Lipinski definition) is 2. The van der Waals surface area contributed by atoms with Gasteiger partial charge in [-0.2, -0.15) is 0 Å². The van der Waals surface area contributed by atoms with E-state index in [2.05, 4.69) is 20.4 Å². The largest absolute Gasteiger partial charge is 0.360 e. The Labute approximate surface area is 184 Å². The van der Waals surface area contributed by atoms with Crippen molar-refractivity contribution in [2.75, 3.05) is 5.32 Å². The molecule has 0 atom stereocenters. The fraction of sp³-hybridized carbons (Fsp3) is 0.0455. The lowest BCUT2D eigenvalue weighted by Crippen LogP contribution is -2.13. The molecule has 6 nitrogen and oxygen atoms in total. The maximum Gasteiger partial charge on any atom is 0.263 e. The molecule has 0 aliphatic heterocycles. The first-order valence-electron chi connectivity index (χ1n) is 9.27. The number of anilines is 1. The third-order valence-corrected chi connectivity index (χ3v) is 5.95. The molecule has 5 aromatic rings. The van der Waals surface area contributed by atoms with Crippen LogP contribution < -0.4 is 5.32 Å². The second-order valence-electron chi connectivity index (χ2n) is 6.80. The van der Waals surface area contributed by atoms with E-state index in [1.807, 2.05) is 35.8 Å². The highest BCUT2D eigenvalue weighted by atomic mass is 35.5. The number of carbonyl (C=O) groups is 1. The summed E-state index contributed by atoms with van der Waals surface area (Å²) in [6.45, 7) is 1.58. The minimum absolute atomic E-state index is 0.0183. The van der Waals surface area contributed by atoms with Gasteiger partial charge in [0.1, 0.15) is 22.8 Å². The topological polar surface area (TPSA) is 83.8 Å². The van der Waals surface area contributed by atoms with E-state index in [4.69, 9.17) is 16.1 Å². The fourth-order valence-electron chi connectivity index (χ4n) is 3.43. The van der Waals surface area contributed by atoms with E-state index < -0.39 is 11.7 Å². The Balaban J connectivity index is 1.47. The van der Waals surface area contributed by atoms with Gasteiger partial charge in [0.2, 0.25) is 0 Å². The van der Waals surface area contributed by atoms with E-state index >= 15 is 0 Å². The molecular formula is C22H14ClFN4O2S. The van der Waals surface area contributed by atoms with Crippen LogP contribution in [-0.2, 0) is 0 Å². The molecule has 0 fully saturated rings. The van der Waals surface area contributed by atoms with Gasteiger partial charge in [-0.25, -0.2) is 9.37 Å². The van der Waals surface area contributed by atoms with Gasteiger partial charge in [0, 0.05) is 28.0 Å². The zero-order valence-corrected chi connectivity index (χ0v) is 17.6. The van der Waals surface area contributed by atoms with Crippen molar-refractivity contribution in [1.29, 1.82) is 0 Å². The third kappa shape index (κ3) is 3.39. The number of aromatic nitrogens is 3. The van der Waals surface area contributed by atoms with Gasteiger partial charge in [-0.1, -0.05) is 41.0 Å². The predicted octanol–water partition coefficient (Wildman–Crippen LogP) is 6.30. The van der Waals surface area contributed by atoms with Crippen LogP contribution in [0.3, 0.4) is 0 Å². The molecule has 0 saturated heterocycles. The highest BCUT2D eigenvalue weighted by Gasteiger charge is 2.26. The number of para-hydroxylation sites is 1. The number of aryl methyl sites for hydroxylation is 1. The highest BCUT2D eigenvalue weighted by Crippen LogP contribution is 2.35. The van der Waals surface area contributed by atoms with Gasteiger partial charge in [-0.3, -0.25) is 10.1 Å². The molecule has 0 spiro atoms. The van der Waals surface area contributed by atoms with Crippen LogP contribution in [0.4, 0.5) is 9.52 Å². The molecule has 1 amide bonds. The van der Waals surface area contributed by atoms with Gasteiger partial charge in [-0.15, -0.1) is 11.3 Å². The minimum Gasteiger partial charge on any atom is -0.360 e. The number of H-pyrrole nitrogens is 1. The second kappa shape index (κ2) is 7.64. The molecular weight excluding hydrogens is 439 g/mol. The lowest BCUT2D eigenvalue weighted by Gasteiger charge is -2.05. The maximum atomic E-state index is 14.4. The summed E-state index contributed by atoms with van der Waals surface area (Å²) in [5.74, 6) is -0.848. The molecule has 0 unspecified atom stereocenters. The van der Waals surface area contributed by atoms with Crippen LogP contribution in [0.15, 0.2) is 58.6 Å². The Bertz CT molecular complexity index is 1420. The van der Waals surface area contributed by atoms with Gasteiger partial charge < -0.3 is 9.51 Å². The highest BCUT2D eigenvalue weighted by molar-refractivity contribution is 7.14. The molecule has 0 aliphatic rings. The summed E-state index contributed by atoms with van der Waals surface area (Å²) in [6.07, 6.45) is 1.88. The van der Waals surface area contributed by atoms with Crippen LogP contribution in [-0.4, -0.2) is 21.0 Å². The molecule has 0 saturated carbocycles. The minimum atomic E-state index is -0.592. The summed E-state index contributed by atoms with van der Waals surface area (Å²) < 4.78 is 19.6. The molecule has 5 rings (SSSR count). The Morgan fingerprint density at radius 2 is 2.06 bits per heavy atom. The first-order chi connectivity index (χ1) is 15.0. The van der Waals surface area contributed by atoms with E-state index in [-0.39, 0.29) is 27.6 Å². The second-order valence-corrected chi connectivity index (χ2v) is 8.06. The van der Waals surface area contributed by atoms with Gasteiger partial charge in [0.15, 0.2) is 5.13 Å². The summed E-state index contributed by atoms with van der Waals surface area (Å²) in [6, 6.07) is 12.2. The molecule has 3 heterocycles. The van der Waals surface area contributed by atoms with E-state index in [1.54, 1.807) is 6.92 Å². The number of halogens is 2. The molecule has 2 aromatic carbocycles. The average Bonchev–Trinajstić information content (AvgIpc) is 3.46. The Kier molecular flexibility index (Phi) is 4.80. The van der Waals surface area contributed by atoms with Crippen molar-refractivity contribution in [1.82, 2.24) is 15.1 Å². The quantitative estimate of drug-likeness (QED) is 0.335. The maximum absolute atomic E-state index is 14.4. The lowest BCUT2D eigenvalue weighted by atomic mass is 10.1. The van der Waals surface area contributed by atoms with Crippen LogP contribution in [0.5, 0.6) is 0 Å². The molecule has 9 heteroatoms.